The fourth-order valence-electron chi connectivity index (χ4n) is 2.58. The Morgan fingerprint density at radius 1 is 1.26 bits per heavy atom. The zero-order chi connectivity index (χ0) is 16.4. The minimum Gasteiger partial charge on any atom is -0.324 e. The van der Waals surface area contributed by atoms with E-state index in [0.29, 0.717) is 17.2 Å². The van der Waals surface area contributed by atoms with Crippen LogP contribution in [-0.2, 0) is 4.79 Å². The Morgan fingerprint density at radius 3 is 2.78 bits per heavy atom. The third-order valence-electron chi connectivity index (χ3n) is 3.85. The van der Waals surface area contributed by atoms with Crippen molar-refractivity contribution in [2.45, 2.75) is 19.9 Å². The van der Waals surface area contributed by atoms with E-state index >= 15 is 0 Å². The van der Waals surface area contributed by atoms with Gasteiger partial charge in [-0.25, -0.2) is 0 Å². The zero-order valence-corrected chi connectivity index (χ0v) is 14.7. The molecule has 1 aliphatic heterocycles. The number of rotatable bonds is 3. The number of anilines is 1. The summed E-state index contributed by atoms with van der Waals surface area (Å²) in [5.41, 5.74) is 3.65. The molecule has 1 aromatic heterocycles. The molecular weight excluding hydrogens is 328 g/mol. The summed E-state index contributed by atoms with van der Waals surface area (Å²) >= 11 is 3.10. The molecule has 0 saturated carbocycles. The molecule has 2 amide bonds. The van der Waals surface area contributed by atoms with Gasteiger partial charge in [-0.3, -0.25) is 9.59 Å². The number of benzene rings is 1. The molecule has 2 aromatic rings. The Morgan fingerprint density at radius 2 is 2.09 bits per heavy atom. The van der Waals surface area contributed by atoms with Crippen molar-refractivity contribution in [1.82, 2.24) is 4.90 Å². The minimum absolute atomic E-state index is 0.0722. The normalized spacial score (nSPS) is 17.3. The summed E-state index contributed by atoms with van der Waals surface area (Å²) in [7, 11) is 0. The van der Waals surface area contributed by atoms with Crippen molar-refractivity contribution < 1.29 is 9.59 Å². The van der Waals surface area contributed by atoms with E-state index in [1.165, 1.54) is 11.3 Å². The van der Waals surface area contributed by atoms with Crippen molar-refractivity contribution in [3.63, 3.8) is 0 Å². The molecule has 1 N–H and O–H groups in total. The summed E-state index contributed by atoms with van der Waals surface area (Å²) in [5, 5.41) is 6.67. The van der Waals surface area contributed by atoms with Crippen LogP contribution in [0.25, 0.3) is 0 Å². The molecular formula is C17H18N2O2S2. The Hall–Kier alpha value is -1.79. The van der Waals surface area contributed by atoms with Gasteiger partial charge in [0.1, 0.15) is 6.04 Å². The van der Waals surface area contributed by atoms with Gasteiger partial charge in [0.15, 0.2) is 0 Å². The number of carbonyl (C=O) groups is 2. The van der Waals surface area contributed by atoms with Crippen LogP contribution in [0.5, 0.6) is 0 Å². The van der Waals surface area contributed by atoms with Gasteiger partial charge in [-0.15, -0.1) is 11.8 Å². The van der Waals surface area contributed by atoms with Crippen LogP contribution in [0.15, 0.2) is 35.0 Å². The Bertz CT molecular complexity index is 728. The maximum Gasteiger partial charge on any atom is 0.256 e. The molecule has 1 aliphatic rings. The van der Waals surface area contributed by atoms with E-state index in [0.717, 1.165) is 16.8 Å². The first-order valence-corrected chi connectivity index (χ1v) is 9.45. The van der Waals surface area contributed by atoms with Gasteiger partial charge in [0.2, 0.25) is 5.91 Å². The number of nitrogens with zero attached hydrogens (tertiary/aromatic N) is 1. The monoisotopic (exact) mass is 346 g/mol. The second-order valence-corrected chi connectivity index (χ2v) is 7.39. The van der Waals surface area contributed by atoms with Crippen LogP contribution in [0, 0.1) is 13.8 Å². The number of amides is 2. The summed E-state index contributed by atoms with van der Waals surface area (Å²) in [4.78, 5) is 26.8. The molecule has 120 valence electrons. The third-order valence-corrected chi connectivity index (χ3v) is 5.55. The minimum atomic E-state index is -0.423. The van der Waals surface area contributed by atoms with Gasteiger partial charge in [-0.2, -0.15) is 11.3 Å². The fourth-order valence-corrected chi connectivity index (χ4v) is 4.37. The van der Waals surface area contributed by atoms with Crippen LogP contribution in [0.2, 0.25) is 0 Å². The van der Waals surface area contributed by atoms with Crippen LogP contribution < -0.4 is 5.32 Å². The Balaban J connectivity index is 1.74. The lowest BCUT2D eigenvalue weighted by Crippen LogP contribution is -2.44. The van der Waals surface area contributed by atoms with Crippen molar-refractivity contribution in [2.24, 2.45) is 0 Å². The van der Waals surface area contributed by atoms with Gasteiger partial charge in [-0.1, -0.05) is 17.7 Å². The predicted molar refractivity (Wildman–Crippen MR) is 96.1 cm³/mol. The molecule has 4 nitrogen and oxygen atoms in total. The van der Waals surface area contributed by atoms with Gasteiger partial charge in [0, 0.05) is 16.8 Å². The molecule has 1 unspecified atom stereocenters. The highest BCUT2D eigenvalue weighted by atomic mass is 32.2. The molecule has 6 heteroatoms. The summed E-state index contributed by atoms with van der Waals surface area (Å²) in [6.07, 6.45) is 0. The van der Waals surface area contributed by atoms with Crippen molar-refractivity contribution in [2.75, 3.05) is 16.9 Å². The first-order chi connectivity index (χ1) is 11.1. The fraction of sp³-hybridized carbons (Fsp3) is 0.294. The number of nitrogens with one attached hydrogen (secondary N) is 1. The van der Waals surface area contributed by atoms with E-state index in [1.54, 1.807) is 22.7 Å². The molecule has 1 fully saturated rings. The average molecular weight is 346 g/mol. The number of carbonyl (C=O) groups excluding carboxylic acids is 2. The van der Waals surface area contributed by atoms with Crippen molar-refractivity contribution in [3.05, 3.63) is 51.7 Å². The quantitative estimate of drug-likeness (QED) is 0.925. The van der Waals surface area contributed by atoms with Gasteiger partial charge >= 0.3 is 0 Å². The number of hydrogen-bond donors (Lipinski definition) is 1. The smallest absolute Gasteiger partial charge is 0.256 e. The molecule has 0 radical (unpaired) electrons. The highest BCUT2D eigenvalue weighted by Crippen LogP contribution is 2.25. The van der Waals surface area contributed by atoms with E-state index in [-0.39, 0.29) is 11.8 Å². The number of aryl methyl sites for hydroxylation is 2. The first-order valence-electron chi connectivity index (χ1n) is 7.35. The SMILES string of the molecule is Cc1ccc(NC(=O)C2CSCN2C(=O)c2ccsc2)c(C)c1. The zero-order valence-electron chi connectivity index (χ0n) is 13.0. The summed E-state index contributed by atoms with van der Waals surface area (Å²) in [6, 6.07) is 7.30. The Kier molecular flexibility index (Phi) is 4.73. The summed E-state index contributed by atoms with van der Waals surface area (Å²) in [6.45, 7) is 3.99. The van der Waals surface area contributed by atoms with Gasteiger partial charge < -0.3 is 10.2 Å². The van der Waals surface area contributed by atoms with Crippen LogP contribution >= 0.6 is 23.1 Å². The highest BCUT2D eigenvalue weighted by molar-refractivity contribution is 7.99. The van der Waals surface area contributed by atoms with Gasteiger partial charge in [0.25, 0.3) is 5.91 Å². The third kappa shape index (κ3) is 3.43. The molecule has 0 bridgehead atoms. The van der Waals surface area contributed by atoms with Crippen LogP contribution in [0.4, 0.5) is 5.69 Å². The second kappa shape index (κ2) is 6.76. The number of thiophene rings is 1. The maximum absolute atomic E-state index is 12.6. The average Bonchev–Trinajstić information content (AvgIpc) is 3.20. The van der Waals surface area contributed by atoms with E-state index in [2.05, 4.69) is 5.32 Å². The largest absolute Gasteiger partial charge is 0.324 e. The van der Waals surface area contributed by atoms with Crippen LogP contribution in [0.1, 0.15) is 21.5 Å². The van der Waals surface area contributed by atoms with Gasteiger partial charge in [-0.05, 0) is 36.9 Å². The standard InChI is InChI=1S/C17H18N2O2S2/c1-11-3-4-14(12(2)7-11)18-16(20)15-9-23-10-19(15)17(21)13-5-6-22-8-13/h3-8,15H,9-10H2,1-2H3,(H,18,20). The molecule has 23 heavy (non-hydrogen) atoms. The lowest BCUT2D eigenvalue weighted by Gasteiger charge is -2.23. The topological polar surface area (TPSA) is 49.4 Å². The van der Waals surface area contributed by atoms with Crippen LogP contribution in [-0.4, -0.2) is 34.4 Å². The number of hydrogen-bond acceptors (Lipinski definition) is 4. The lowest BCUT2D eigenvalue weighted by molar-refractivity contribution is -0.119. The summed E-state index contributed by atoms with van der Waals surface area (Å²) < 4.78 is 0. The van der Waals surface area contributed by atoms with Crippen molar-refractivity contribution in [1.29, 1.82) is 0 Å². The highest BCUT2D eigenvalue weighted by Gasteiger charge is 2.35. The van der Waals surface area contributed by atoms with E-state index < -0.39 is 6.04 Å². The molecule has 1 saturated heterocycles. The van der Waals surface area contributed by atoms with E-state index in [4.69, 9.17) is 0 Å². The molecule has 0 spiro atoms. The van der Waals surface area contributed by atoms with E-state index in [1.807, 2.05) is 42.8 Å². The molecule has 1 aromatic carbocycles. The summed E-state index contributed by atoms with van der Waals surface area (Å²) in [5.74, 6) is 0.995. The molecule has 1 atom stereocenters. The predicted octanol–water partition coefficient (Wildman–Crippen LogP) is 3.52. The maximum atomic E-state index is 12.6. The van der Waals surface area contributed by atoms with E-state index in [9.17, 15) is 9.59 Å². The lowest BCUT2D eigenvalue weighted by atomic mass is 10.1. The molecule has 3 rings (SSSR count). The van der Waals surface area contributed by atoms with Gasteiger partial charge in [0.05, 0.1) is 11.4 Å². The van der Waals surface area contributed by atoms with Crippen LogP contribution in [0.3, 0.4) is 0 Å². The Labute approximate surface area is 143 Å². The molecule has 2 heterocycles. The number of thioether (sulfide) groups is 1. The van der Waals surface area contributed by atoms with Crippen molar-refractivity contribution >= 4 is 40.6 Å². The molecule has 0 aliphatic carbocycles. The van der Waals surface area contributed by atoms with Crippen molar-refractivity contribution in [3.8, 4) is 0 Å². The second-order valence-electron chi connectivity index (χ2n) is 5.61. The first kappa shape index (κ1) is 16.1.